The Labute approximate surface area is 120 Å². The van der Waals surface area contributed by atoms with Gasteiger partial charge in [-0.2, -0.15) is 0 Å². The van der Waals surface area contributed by atoms with Crippen LogP contribution >= 0.6 is 0 Å². The summed E-state index contributed by atoms with van der Waals surface area (Å²) < 4.78 is 5.76. The van der Waals surface area contributed by atoms with Crippen LogP contribution in [-0.4, -0.2) is 41.2 Å². The van der Waals surface area contributed by atoms with Crippen LogP contribution < -0.4 is 4.74 Å². The van der Waals surface area contributed by atoms with Gasteiger partial charge in [-0.25, -0.2) is 0 Å². The highest BCUT2D eigenvalue weighted by Crippen LogP contribution is 2.19. The van der Waals surface area contributed by atoms with Crippen LogP contribution in [0.1, 0.15) is 30.9 Å². The minimum Gasteiger partial charge on any atom is -0.481 e. The number of aliphatic hydroxyl groups is 1. The molecule has 4 nitrogen and oxygen atoms in total. The highest BCUT2D eigenvalue weighted by atomic mass is 16.5. The molecular weight excluding hydrogens is 254 g/mol. The van der Waals surface area contributed by atoms with E-state index in [0.717, 1.165) is 16.9 Å². The van der Waals surface area contributed by atoms with Crippen molar-refractivity contribution in [2.45, 2.75) is 45.8 Å². The predicted octanol–water partition coefficient (Wildman–Crippen LogP) is 2.05. The molecule has 1 heterocycles. The summed E-state index contributed by atoms with van der Waals surface area (Å²) in [7, 11) is 0. The van der Waals surface area contributed by atoms with Crippen LogP contribution in [0.5, 0.6) is 5.75 Å². The third kappa shape index (κ3) is 3.73. The van der Waals surface area contributed by atoms with Gasteiger partial charge in [0.05, 0.1) is 6.10 Å². The number of carbonyl (C=O) groups is 1. The number of hydrogen-bond donors (Lipinski definition) is 1. The molecule has 1 aromatic carbocycles. The minimum absolute atomic E-state index is 0.00365. The zero-order chi connectivity index (χ0) is 14.7. The van der Waals surface area contributed by atoms with E-state index < -0.39 is 6.10 Å². The van der Waals surface area contributed by atoms with Crippen LogP contribution in [0.4, 0.5) is 0 Å². The number of amides is 1. The molecular formula is C16H23NO3. The van der Waals surface area contributed by atoms with E-state index in [0.29, 0.717) is 25.9 Å². The number of carbonyl (C=O) groups excluding carboxylic acids is 1. The van der Waals surface area contributed by atoms with E-state index in [1.54, 1.807) is 11.8 Å². The average Bonchev–Trinajstić information content (AvgIpc) is 2.37. The fourth-order valence-corrected chi connectivity index (χ4v) is 2.60. The Hall–Kier alpha value is -1.55. The van der Waals surface area contributed by atoms with Gasteiger partial charge < -0.3 is 14.7 Å². The van der Waals surface area contributed by atoms with E-state index in [-0.39, 0.29) is 12.0 Å². The van der Waals surface area contributed by atoms with Crippen molar-refractivity contribution in [2.24, 2.45) is 0 Å². The molecule has 2 rings (SSSR count). The van der Waals surface area contributed by atoms with Crippen molar-refractivity contribution in [3.8, 4) is 5.75 Å². The number of aliphatic hydroxyl groups excluding tert-OH is 1. The normalized spacial score (nSPS) is 17.9. The molecule has 20 heavy (non-hydrogen) atoms. The highest BCUT2D eigenvalue weighted by molar-refractivity contribution is 5.81. The molecule has 110 valence electrons. The van der Waals surface area contributed by atoms with Gasteiger partial charge in [0.2, 0.25) is 0 Å². The first-order chi connectivity index (χ1) is 9.45. The maximum atomic E-state index is 12.3. The molecule has 1 amide bonds. The van der Waals surface area contributed by atoms with Gasteiger partial charge in [0, 0.05) is 13.1 Å². The number of aryl methyl sites for hydroxylation is 2. The average molecular weight is 277 g/mol. The molecule has 1 saturated heterocycles. The van der Waals surface area contributed by atoms with Crippen molar-refractivity contribution in [1.82, 2.24) is 4.90 Å². The number of ether oxygens (including phenoxy) is 1. The van der Waals surface area contributed by atoms with Crippen molar-refractivity contribution in [3.63, 3.8) is 0 Å². The largest absolute Gasteiger partial charge is 0.481 e. The standard InChI is InChI=1S/C16H23NO3/c1-11-8-12(2)10-15(9-11)20-13(3)16(19)17-6-4-14(18)5-7-17/h8-10,13-14,18H,4-7H2,1-3H3. The predicted molar refractivity (Wildman–Crippen MR) is 77.8 cm³/mol. The molecule has 0 aromatic heterocycles. The maximum Gasteiger partial charge on any atom is 0.263 e. The quantitative estimate of drug-likeness (QED) is 0.920. The molecule has 1 N–H and O–H groups in total. The summed E-state index contributed by atoms with van der Waals surface area (Å²) in [5.74, 6) is 0.733. The first-order valence-corrected chi connectivity index (χ1v) is 7.17. The van der Waals surface area contributed by atoms with Crippen LogP contribution in [0, 0.1) is 13.8 Å². The lowest BCUT2D eigenvalue weighted by atomic mass is 10.1. The number of hydrogen-bond acceptors (Lipinski definition) is 3. The van der Waals surface area contributed by atoms with E-state index in [9.17, 15) is 9.90 Å². The monoisotopic (exact) mass is 277 g/mol. The number of rotatable bonds is 3. The van der Waals surface area contributed by atoms with Crippen molar-refractivity contribution in [2.75, 3.05) is 13.1 Å². The molecule has 0 radical (unpaired) electrons. The van der Waals surface area contributed by atoms with E-state index >= 15 is 0 Å². The molecule has 1 aromatic rings. The number of nitrogens with zero attached hydrogens (tertiary/aromatic N) is 1. The summed E-state index contributed by atoms with van der Waals surface area (Å²) in [5.41, 5.74) is 2.25. The van der Waals surface area contributed by atoms with Gasteiger partial charge in [-0.15, -0.1) is 0 Å². The summed E-state index contributed by atoms with van der Waals surface area (Å²) in [6, 6.07) is 5.96. The lowest BCUT2D eigenvalue weighted by molar-refractivity contribution is -0.139. The molecule has 1 aliphatic heterocycles. The van der Waals surface area contributed by atoms with Crippen molar-refractivity contribution < 1.29 is 14.6 Å². The first kappa shape index (κ1) is 14.9. The minimum atomic E-state index is -0.494. The zero-order valence-corrected chi connectivity index (χ0v) is 12.4. The fourth-order valence-electron chi connectivity index (χ4n) is 2.60. The number of piperidine rings is 1. The van der Waals surface area contributed by atoms with Crippen LogP contribution in [-0.2, 0) is 4.79 Å². The molecule has 1 fully saturated rings. The molecule has 0 saturated carbocycles. The SMILES string of the molecule is Cc1cc(C)cc(OC(C)C(=O)N2CCC(O)CC2)c1. The van der Waals surface area contributed by atoms with Crippen LogP contribution in [0.25, 0.3) is 0 Å². The lowest BCUT2D eigenvalue weighted by Crippen LogP contribution is -2.45. The zero-order valence-electron chi connectivity index (χ0n) is 12.4. The van der Waals surface area contributed by atoms with Crippen molar-refractivity contribution in [3.05, 3.63) is 29.3 Å². The van der Waals surface area contributed by atoms with Gasteiger partial charge in [-0.1, -0.05) is 6.07 Å². The van der Waals surface area contributed by atoms with Crippen molar-refractivity contribution >= 4 is 5.91 Å². The summed E-state index contributed by atoms with van der Waals surface area (Å²) in [6.45, 7) is 7.03. The topological polar surface area (TPSA) is 49.8 Å². The third-order valence-electron chi connectivity index (χ3n) is 3.63. The number of likely N-dealkylation sites (tertiary alicyclic amines) is 1. The molecule has 4 heteroatoms. The molecule has 1 unspecified atom stereocenters. The Morgan fingerprint density at radius 3 is 2.35 bits per heavy atom. The fraction of sp³-hybridized carbons (Fsp3) is 0.562. The summed E-state index contributed by atoms with van der Waals surface area (Å²) in [6.07, 6.45) is 0.547. The Bertz CT molecular complexity index is 458. The number of benzene rings is 1. The smallest absolute Gasteiger partial charge is 0.263 e. The Balaban J connectivity index is 1.97. The summed E-state index contributed by atoms with van der Waals surface area (Å²) in [5, 5.41) is 9.47. The molecule has 0 aliphatic carbocycles. The van der Waals surface area contributed by atoms with E-state index in [1.165, 1.54) is 0 Å². The second kappa shape index (κ2) is 6.27. The lowest BCUT2D eigenvalue weighted by Gasteiger charge is -2.31. The second-order valence-corrected chi connectivity index (χ2v) is 5.64. The van der Waals surface area contributed by atoms with Crippen LogP contribution in [0.15, 0.2) is 18.2 Å². The molecule has 1 atom stereocenters. The third-order valence-corrected chi connectivity index (χ3v) is 3.63. The summed E-state index contributed by atoms with van der Waals surface area (Å²) in [4.78, 5) is 14.1. The van der Waals surface area contributed by atoms with E-state index in [4.69, 9.17) is 4.74 Å². The van der Waals surface area contributed by atoms with Gasteiger partial charge in [0.1, 0.15) is 5.75 Å². The van der Waals surface area contributed by atoms with Gasteiger partial charge in [-0.05, 0) is 56.9 Å². The van der Waals surface area contributed by atoms with E-state index in [2.05, 4.69) is 6.07 Å². The molecule has 0 spiro atoms. The molecule has 0 bridgehead atoms. The van der Waals surface area contributed by atoms with Gasteiger partial charge >= 0.3 is 0 Å². The second-order valence-electron chi connectivity index (χ2n) is 5.64. The van der Waals surface area contributed by atoms with Gasteiger partial charge in [-0.3, -0.25) is 4.79 Å². The highest BCUT2D eigenvalue weighted by Gasteiger charge is 2.26. The van der Waals surface area contributed by atoms with E-state index in [1.807, 2.05) is 26.0 Å². The Morgan fingerprint density at radius 1 is 1.25 bits per heavy atom. The van der Waals surface area contributed by atoms with Crippen molar-refractivity contribution in [1.29, 1.82) is 0 Å². The van der Waals surface area contributed by atoms with Crippen LogP contribution in [0.3, 0.4) is 0 Å². The summed E-state index contributed by atoms with van der Waals surface area (Å²) >= 11 is 0. The Kier molecular flexibility index (Phi) is 4.65. The maximum absolute atomic E-state index is 12.3. The Morgan fingerprint density at radius 2 is 1.80 bits per heavy atom. The van der Waals surface area contributed by atoms with Crippen LogP contribution in [0.2, 0.25) is 0 Å². The van der Waals surface area contributed by atoms with Gasteiger partial charge in [0.25, 0.3) is 5.91 Å². The molecule has 1 aliphatic rings. The van der Waals surface area contributed by atoms with Gasteiger partial charge in [0.15, 0.2) is 6.10 Å². The first-order valence-electron chi connectivity index (χ1n) is 7.17.